The summed E-state index contributed by atoms with van der Waals surface area (Å²) in [6.07, 6.45) is 3.01. The molecule has 0 aliphatic heterocycles. The first-order valence-corrected chi connectivity index (χ1v) is 6.75. The fraction of sp³-hybridized carbons (Fsp3) is 0.500. The predicted octanol–water partition coefficient (Wildman–Crippen LogP) is 2.25. The van der Waals surface area contributed by atoms with Crippen molar-refractivity contribution in [2.45, 2.75) is 26.2 Å². The number of aliphatic hydroxyl groups excluding tert-OH is 1. The summed E-state index contributed by atoms with van der Waals surface area (Å²) in [5.74, 6) is 5.09. The zero-order chi connectivity index (χ0) is 15.7. The Labute approximate surface area is 124 Å². The quantitative estimate of drug-likeness (QED) is 0.443. The van der Waals surface area contributed by atoms with Gasteiger partial charge in [0.05, 0.1) is 26.4 Å². The van der Waals surface area contributed by atoms with Gasteiger partial charge in [0.2, 0.25) is 23.1 Å². The maximum absolute atomic E-state index is 12.1. The number of ether oxygens (including phenoxy) is 3. The highest BCUT2D eigenvalue weighted by molar-refractivity contribution is 6.08. The molecule has 0 fully saturated rings. The molecule has 0 saturated heterocycles. The first-order valence-electron chi connectivity index (χ1n) is 6.75. The third-order valence-electron chi connectivity index (χ3n) is 2.78. The van der Waals surface area contributed by atoms with E-state index in [9.17, 15) is 9.90 Å². The molecule has 0 atom stereocenters. The number of carbonyl (C=O) groups excluding carboxylic acids is 1. The van der Waals surface area contributed by atoms with Crippen molar-refractivity contribution >= 4 is 5.78 Å². The molecule has 0 radical (unpaired) electrons. The smallest absolute Gasteiger partial charge is 0.237 e. The number of aliphatic hydroxyl groups is 1. The molecule has 0 bridgehead atoms. The number of rotatable bonds is 7. The molecule has 0 spiro atoms. The average Bonchev–Trinajstić information content (AvgIpc) is 2.48. The summed E-state index contributed by atoms with van der Waals surface area (Å²) >= 11 is 0. The number of allylic oxidation sites excluding steroid dienone is 1. The molecule has 21 heavy (non-hydrogen) atoms. The van der Waals surface area contributed by atoms with Crippen LogP contribution in [0.3, 0.4) is 0 Å². The van der Waals surface area contributed by atoms with Crippen molar-refractivity contribution in [1.29, 1.82) is 0 Å². The van der Waals surface area contributed by atoms with E-state index in [4.69, 9.17) is 14.2 Å². The molecule has 1 aliphatic carbocycles. The summed E-state index contributed by atoms with van der Waals surface area (Å²) in [5.41, 5.74) is 2.73. The highest BCUT2D eigenvalue weighted by Crippen LogP contribution is 2.22. The summed E-state index contributed by atoms with van der Waals surface area (Å²) in [5, 5.41) is 9.74. The van der Waals surface area contributed by atoms with Gasteiger partial charge in [-0.1, -0.05) is 25.0 Å². The summed E-state index contributed by atoms with van der Waals surface area (Å²) < 4.78 is 15.2. The normalized spacial score (nSPS) is 14.1. The van der Waals surface area contributed by atoms with Gasteiger partial charge in [0.15, 0.2) is 0 Å². The fourth-order valence-corrected chi connectivity index (χ4v) is 1.69. The van der Waals surface area contributed by atoms with Crippen LogP contribution in [0.4, 0.5) is 0 Å². The molecular weight excluding hydrogens is 272 g/mol. The van der Waals surface area contributed by atoms with Crippen LogP contribution in [0.1, 0.15) is 26.2 Å². The molecule has 5 heteroatoms. The largest absolute Gasteiger partial charge is 0.498 e. The number of ketones is 1. The highest BCUT2D eigenvalue weighted by Gasteiger charge is 2.28. The molecule has 0 saturated carbocycles. The summed E-state index contributed by atoms with van der Waals surface area (Å²) in [4.78, 5) is 12.1. The van der Waals surface area contributed by atoms with Crippen molar-refractivity contribution in [3.05, 3.63) is 28.6 Å². The van der Waals surface area contributed by atoms with Crippen LogP contribution in [0.15, 0.2) is 28.6 Å². The predicted molar refractivity (Wildman–Crippen MR) is 77.3 cm³/mol. The third-order valence-corrected chi connectivity index (χ3v) is 2.78. The van der Waals surface area contributed by atoms with Crippen LogP contribution in [-0.4, -0.2) is 38.3 Å². The molecule has 0 aromatic rings. The molecule has 114 valence electrons. The SMILES string of the molecule is CCCCC#CCOCC1=C=C(O)C(OC)=C(OC)C1=O. The van der Waals surface area contributed by atoms with Crippen molar-refractivity contribution in [2.75, 3.05) is 27.4 Å². The molecule has 1 N–H and O–H groups in total. The Morgan fingerprint density at radius 1 is 1.19 bits per heavy atom. The van der Waals surface area contributed by atoms with E-state index in [-0.39, 0.29) is 36.1 Å². The number of Topliss-reactive ketones (excluding diaryl/α,β-unsaturated/α-hetero) is 1. The Morgan fingerprint density at radius 3 is 2.52 bits per heavy atom. The second-order valence-corrected chi connectivity index (χ2v) is 4.30. The second-order valence-electron chi connectivity index (χ2n) is 4.30. The van der Waals surface area contributed by atoms with Gasteiger partial charge in [0.25, 0.3) is 0 Å². The van der Waals surface area contributed by atoms with Crippen molar-refractivity contribution in [3.63, 3.8) is 0 Å². The molecule has 0 heterocycles. The average molecular weight is 292 g/mol. The van der Waals surface area contributed by atoms with Crippen LogP contribution in [-0.2, 0) is 19.0 Å². The molecule has 0 amide bonds. The van der Waals surface area contributed by atoms with Gasteiger partial charge in [-0.05, 0) is 6.42 Å². The van der Waals surface area contributed by atoms with E-state index in [1.54, 1.807) is 0 Å². The minimum atomic E-state index is -0.411. The van der Waals surface area contributed by atoms with Crippen LogP contribution < -0.4 is 0 Å². The van der Waals surface area contributed by atoms with Gasteiger partial charge in [0.1, 0.15) is 6.61 Å². The third kappa shape index (κ3) is 4.71. The van der Waals surface area contributed by atoms with E-state index in [1.165, 1.54) is 14.2 Å². The molecule has 1 aliphatic rings. The topological polar surface area (TPSA) is 65.0 Å². The first kappa shape index (κ1) is 16.9. The zero-order valence-corrected chi connectivity index (χ0v) is 12.6. The lowest BCUT2D eigenvalue weighted by atomic mass is 10.1. The highest BCUT2D eigenvalue weighted by atomic mass is 16.5. The van der Waals surface area contributed by atoms with Gasteiger partial charge < -0.3 is 19.3 Å². The van der Waals surface area contributed by atoms with Gasteiger partial charge in [-0.2, -0.15) is 0 Å². The van der Waals surface area contributed by atoms with Crippen molar-refractivity contribution < 1.29 is 24.1 Å². The Morgan fingerprint density at radius 2 is 1.90 bits per heavy atom. The van der Waals surface area contributed by atoms with Crippen molar-refractivity contribution in [1.82, 2.24) is 0 Å². The Bertz CT molecular complexity index is 539. The van der Waals surface area contributed by atoms with Gasteiger partial charge in [-0.15, -0.1) is 5.92 Å². The summed E-state index contributed by atoms with van der Waals surface area (Å²) in [6.45, 7) is 2.34. The van der Waals surface area contributed by atoms with E-state index in [1.807, 2.05) is 0 Å². The first-order chi connectivity index (χ1) is 10.2. The Balaban J connectivity index is 2.62. The van der Waals surface area contributed by atoms with E-state index in [0.717, 1.165) is 19.3 Å². The minimum Gasteiger partial charge on any atom is -0.498 e. The maximum Gasteiger partial charge on any atom is 0.237 e. The second kappa shape index (κ2) is 8.91. The van der Waals surface area contributed by atoms with Gasteiger partial charge in [-0.3, -0.25) is 4.79 Å². The van der Waals surface area contributed by atoms with E-state index < -0.39 is 5.78 Å². The number of carbonyl (C=O) groups is 1. The summed E-state index contributed by atoms with van der Waals surface area (Å²) in [6, 6.07) is 0. The number of hydrogen-bond acceptors (Lipinski definition) is 5. The van der Waals surface area contributed by atoms with E-state index in [0.29, 0.717) is 0 Å². The van der Waals surface area contributed by atoms with Gasteiger partial charge in [-0.25, -0.2) is 0 Å². The van der Waals surface area contributed by atoms with Crippen LogP contribution >= 0.6 is 0 Å². The zero-order valence-electron chi connectivity index (χ0n) is 12.6. The summed E-state index contributed by atoms with van der Waals surface area (Å²) in [7, 11) is 2.68. The monoisotopic (exact) mass is 292 g/mol. The van der Waals surface area contributed by atoms with E-state index in [2.05, 4.69) is 24.5 Å². The van der Waals surface area contributed by atoms with Crippen LogP contribution in [0, 0.1) is 11.8 Å². The number of hydrogen-bond donors (Lipinski definition) is 1. The Kier molecular flexibility index (Phi) is 7.17. The number of methoxy groups -OCH3 is 2. The van der Waals surface area contributed by atoms with Crippen molar-refractivity contribution in [2.24, 2.45) is 0 Å². The van der Waals surface area contributed by atoms with Gasteiger partial charge >= 0.3 is 0 Å². The Hall–Kier alpha value is -2.15. The minimum absolute atomic E-state index is 0.00913. The van der Waals surface area contributed by atoms with Crippen molar-refractivity contribution in [3.8, 4) is 11.8 Å². The number of unbranched alkanes of at least 4 members (excludes halogenated alkanes) is 2. The van der Waals surface area contributed by atoms with E-state index >= 15 is 0 Å². The molecule has 1 rings (SSSR count). The van der Waals surface area contributed by atoms with Crippen LogP contribution in [0.25, 0.3) is 0 Å². The standard InChI is InChI=1S/C16H20O5/c1-4-5-6-7-8-9-21-11-12-10-13(17)15(19-2)16(20-3)14(12)18/h17H,4-6,9,11H2,1-3H3. The fourth-order valence-electron chi connectivity index (χ4n) is 1.69. The lowest BCUT2D eigenvalue weighted by Crippen LogP contribution is -2.19. The lowest BCUT2D eigenvalue weighted by Gasteiger charge is -2.15. The molecule has 0 aromatic carbocycles. The molecule has 0 aromatic heterocycles. The maximum atomic E-state index is 12.1. The lowest BCUT2D eigenvalue weighted by molar-refractivity contribution is -0.116. The molecular formula is C16H20O5. The van der Waals surface area contributed by atoms with Crippen LogP contribution in [0.5, 0.6) is 0 Å². The molecule has 0 unspecified atom stereocenters. The van der Waals surface area contributed by atoms with Gasteiger partial charge in [0, 0.05) is 6.42 Å². The molecule has 5 nitrogen and oxygen atoms in total. The van der Waals surface area contributed by atoms with Crippen LogP contribution in [0.2, 0.25) is 0 Å².